The zero-order chi connectivity index (χ0) is 10.1. The van der Waals surface area contributed by atoms with E-state index in [9.17, 15) is 5.11 Å². The van der Waals surface area contributed by atoms with Gasteiger partial charge in [-0.15, -0.1) is 0 Å². The third-order valence-electron chi connectivity index (χ3n) is 2.36. The number of hydrogen-bond donors (Lipinski definition) is 2. The SMILES string of the molecule is CNCc1cc2c(c(Cl)c1O)CCO2. The molecule has 0 fully saturated rings. The molecule has 1 aliphatic rings. The van der Waals surface area contributed by atoms with Gasteiger partial charge in [-0.2, -0.15) is 0 Å². The number of ether oxygens (including phenoxy) is 1. The molecule has 0 atom stereocenters. The minimum atomic E-state index is 0.172. The molecule has 1 heterocycles. The summed E-state index contributed by atoms with van der Waals surface area (Å²) in [6.07, 6.45) is 0.779. The lowest BCUT2D eigenvalue weighted by Gasteiger charge is -2.09. The molecule has 0 aliphatic carbocycles. The number of fused-ring (bicyclic) bond motifs is 1. The summed E-state index contributed by atoms with van der Waals surface area (Å²) in [5.41, 5.74) is 1.70. The molecule has 0 radical (unpaired) electrons. The van der Waals surface area contributed by atoms with Crippen LogP contribution in [0.1, 0.15) is 11.1 Å². The van der Waals surface area contributed by atoms with Crippen molar-refractivity contribution >= 4 is 11.6 Å². The van der Waals surface area contributed by atoms with E-state index in [4.69, 9.17) is 16.3 Å². The maximum absolute atomic E-state index is 9.77. The second-order valence-electron chi connectivity index (χ2n) is 3.30. The van der Waals surface area contributed by atoms with Gasteiger partial charge < -0.3 is 15.2 Å². The van der Waals surface area contributed by atoms with Gasteiger partial charge >= 0.3 is 0 Å². The Morgan fingerprint density at radius 1 is 1.64 bits per heavy atom. The molecule has 0 amide bonds. The molecule has 3 nitrogen and oxygen atoms in total. The van der Waals surface area contributed by atoms with Crippen LogP contribution in [0.25, 0.3) is 0 Å². The van der Waals surface area contributed by atoms with E-state index in [-0.39, 0.29) is 5.75 Å². The molecule has 0 unspecified atom stereocenters. The lowest BCUT2D eigenvalue weighted by atomic mass is 10.1. The second-order valence-corrected chi connectivity index (χ2v) is 3.68. The van der Waals surface area contributed by atoms with Gasteiger partial charge in [0.05, 0.1) is 11.6 Å². The number of phenolic OH excluding ortho intramolecular Hbond substituents is 1. The van der Waals surface area contributed by atoms with Gasteiger partial charge in [0.15, 0.2) is 0 Å². The largest absolute Gasteiger partial charge is 0.506 e. The van der Waals surface area contributed by atoms with Gasteiger partial charge in [-0.1, -0.05) is 11.6 Å². The third kappa shape index (κ3) is 1.42. The van der Waals surface area contributed by atoms with Gasteiger partial charge in [-0.05, 0) is 13.1 Å². The Morgan fingerprint density at radius 3 is 3.14 bits per heavy atom. The maximum atomic E-state index is 9.77. The molecule has 2 N–H and O–H groups in total. The van der Waals surface area contributed by atoms with E-state index in [1.165, 1.54) is 0 Å². The van der Waals surface area contributed by atoms with Crippen LogP contribution >= 0.6 is 11.6 Å². The van der Waals surface area contributed by atoms with Crippen LogP contribution < -0.4 is 10.1 Å². The molecule has 0 saturated carbocycles. The van der Waals surface area contributed by atoms with E-state index >= 15 is 0 Å². The molecule has 4 heteroatoms. The van der Waals surface area contributed by atoms with E-state index in [1.54, 1.807) is 0 Å². The first-order valence-corrected chi connectivity index (χ1v) is 4.92. The molecule has 1 aliphatic heterocycles. The standard InChI is InChI=1S/C10H12ClNO2/c1-12-5-6-4-8-7(2-3-14-8)9(11)10(6)13/h4,12-13H,2-3,5H2,1H3. The van der Waals surface area contributed by atoms with Gasteiger partial charge in [0.25, 0.3) is 0 Å². The summed E-state index contributed by atoms with van der Waals surface area (Å²) in [5, 5.41) is 13.2. The van der Waals surface area contributed by atoms with Gasteiger partial charge in [0, 0.05) is 24.1 Å². The van der Waals surface area contributed by atoms with Crippen molar-refractivity contribution in [2.24, 2.45) is 0 Å². The fraction of sp³-hybridized carbons (Fsp3) is 0.400. The molecule has 2 rings (SSSR count). The second kappa shape index (κ2) is 3.67. The first-order valence-electron chi connectivity index (χ1n) is 4.54. The fourth-order valence-corrected chi connectivity index (χ4v) is 1.96. The summed E-state index contributed by atoms with van der Waals surface area (Å²) < 4.78 is 5.40. The number of aromatic hydroxyl groups is 1. The minimum absolute atomic E-state index is 0.172. The zero-order valence-corrected chi connectivity index (χ0v) is 8.69. The molecular formula is C10H12ClNO2. The predicted molar refractivity (Wildman–Crippen MR) is 55.1 cm³/mol. The van der Waals surface area contributed by atoms with Crippen molar-refractivity contribution in [3.05, 3.63) is 22.2 Å². The molecule has 0 bridgehead atoms. The first-order chi connectivity index (χ1) is 6.74. The Morgan fingerprint density at radius 2 is 2.43 bits per heavy atom. The maximum Gasteiger partial charge on any atom is 0.139 e. The summed E-state index contributed by atoms with van der Waals surface area (Å²) in [6, 6.07) is 1.85. The summed E-state index contributed by atoms with van der Waals surface area (Å²) in [7, 11) is 1.82. The van der Waals surface area contributed by atoms with Crippen LogP contribution in [-0.2, 0) is 13.0 Å². The lowest BCUT2D eigenvalue weighted by molar-refractivity contribution is 0.356. The van der Waals surface area contributed by atoms with E-state index in [1.807, 2.05) is 13.1 Å². The van der Waals surface area contributed by atoms with Crippen LogP contribution in [0.5, 0.6) is 11.5 Å². The number of benzene rings is 1. The summed E-state index contributed by atoms with van der Waals surface area (Å²) in [4.78, 5) is 0. The highest BCUT2D eigenvalue weighted by atomic mass is 35.5. The van der Waals surface area contributed by atoms with Crippen LogP contribution in [0.2, 0.25) is 5.02 Å². The Kier molecular flexibility index (Phi) is 2.52. The number of rotatable bonds is 2. The smallest absolute Gasteiger partial charge is 0.139 e. The number of halogens is 1. The monoisotopic (exact) mass is 213 g/mol. The van der Waals surface area contributed by atoms with Crippen LogP contribution in [0, 0.1) is 0 Å². The zero-order valence-electron chi connectivity index (χ0n) is 7.93. The quantitative estimate of drug-likeness (QED) is 0.786. The predicted octanol–water partition coefficient (Wildman–Crippen LogP) is 1.70. The fourth-order valence-electron chi connectivity index (χ4n) is 1.66. The molecule has 0 aromatic heterocycles. The van der Waals surface area contributed by atoms with Gasteiger partial charge in [0.2, 0.25) is 0 Å². The van der Waals surface area contributed by atoms with Crippen molar-refractivity contribution in [3.8, 4) is 11.5 Å². The molecular weight excluding hydrogens is 202 g/mol. The molecule has 76 valence electrons. The summed E-state index contributed by atoms with van der Waals surface area (Å²) in [5.74, 6) is 0.975. The normalized spacial score (nSPS) is 13.9. The highest BCUT2D eigenvalue weighted by molar-refractivity contribution is 6.33. The Balaban J connectivity index is 2.49. The van der Waals surface area contributed by atoms with E-state index in [2.05, 4.69) is 5.32 Å². The van der Waals surface area contributed by atoms with Crippen LogP contribution in [0.15, 0.2) is 6.07 Å². The van der Waals surface area contributed by atoms with Crippen LogP contribution in [0.4, 0.5) is 0 Å². The molecule has 1 aromatic rings. The van der Waals surface area contributed by atoms with Crippen molar-refractivity contribution in [2.45, 2.75) is 13.0 Å². The van der Waals surface area contributed by atoms with Crippen molar-refractivity contribution in [1.82, 2.24) is 5.32 Å². The molecule has 14 heavy (non-hydrogen) atoms. The molecule has 0 saturated heterocycles. The molecule has 1 aromatic carbocycles. The Labute approximate surface area is 87.6 Å². The summed E-state index contributed by atoms with van der Waals surface area (Å²) >= 11 is 6.02. The Hall–Kier alpha value is -0.930. The molecule has 0 spiro atoms. The van der Waals surface area contributed by atoms with Crippen molar-refractivity contribution < 1.29 is 9.84 Å². The van der Waals surface area contributed by atoms with Gasteiger partial charge in [-0.3, -0.25) is 0 Å². The highest BCUT2D eigenvalue weighted by Crippen LogP contribution is 2.40. The average molecular weight is 214 g/mol. The van der Waals surface area contributed by atoms with Crippen LogP contribution in [-0.4, -0.2) is 18.8 Å². The van der Waals surface area contributed by atoms with Crippen molar-refractivity contribution in [2.75, 3.05) is 13.7 Å². The third-order valence-corrected chi connectivity index (χ3v) is 2.76. The van der Waals surface area contributed by atoms with Gasteiger partial charge in [0.1, 0.15) is 11.5 Å². The Bertz CT molecular complexity index is 366. The number of nitrogens with one attached hydrogen (secondary N) is 1. The van der Waals surface area contributed by atoms with Gasteiger partial charge in [-0.25, -0.2) is 0 Å². The lowest BCUT2D eigenvalue weighted by Crippen LogP contribution is -2.05. The van der Waals surface area contributed by atoms with E-state index in [0.717, 1.165) is 23.3 Å². The van der Waals surface area contributed by atoms with E-state index in [0.29, 0.717) is 18.2 Å². The number of hydrogen-bond acceptors (Lipinski definition) is 3. The van der Waals surface area contributed by atoms with E-state index < -0.39 is 0 Å². The van der Waals surface area contributed by atoms with Crippen molar-refractivity contribution in [1.29, 1.82) is 0 Å². The van der Waals surface area contributed by atoms with Crippen molar-refractivity contribution in [3.63, 3.8) is 0 Å². The highest BCUT2D eigenvalue weighted by Gasteiger charge is 2.20. The summed E-state index contributed by atoms with van der Waals surface area (Å²) in [6.45, 7) is 1.24. The number of phenols is 1. The first kappa shape index (κ1) is 9.62. The minimum Gasteiger partial charge on any atom is -0.506 e. The van der Waals surface area contributed by atoms with Crippen LogP contribution in [0.3, 0.4) is 0 Å². The average Bonchev–Trinajstić information content (AvgIpc) is 2.62. The topological polar surface area (TPSA) is 41.5 Å².